The second kappa shape index (κ2) is 8.12. The average molecular weight is 273 g/mol. The van der Waals surface area contributed by atoms with Crippen LogP contribution >= 0.6 is 0 Å². The monoisotopic (exact) mass is 273 g/mol. The molecule has 0 aliphatic heterocycles. The van der Waals surface area contributed by atoms with Crippen LogP contribution in [0, 0.1) is 0 Å². The summed E-state index contributed by atoms with van der Waals surface area (Å²) in [5.41, 5.74) is 0. The maximum absolute atomic E-state index is 5.59. The van der Waals surface area contributed by atoms with Crippen LogP contribution in [0.3, 0.4) is 0 Å². The third-order valence-electron chi connectivity index (χ3n) is 2.75. The number of nitrogens with zero attached hydrogens (tertiary/aromatic N) is 3. The van der Waals surface area contributed by atoms with Gasteiger partial charge in [0.25, 0.3) is 0 Å². The lowest BCUT2D eigenvalue weighted by Crippen LogP contribution is -2.28. The Morgan fingerprint density at radius 1 is 0.900 bits per heavy atom. The Morgan fingerprint density at radius 2 is 1.40 bits per heavy atom. The summed E-state index contributed by atoms with van der Waals surface area (Å²) in [5.74, 6) is 1.60. The first-order valence-corrected chi connectivity index (χ1v) is 6.59. The van der Waals surface area contributed by atoms with Crippen LogP contribution in [-0.2, 0) is 0 Å². The van der Waals surface area contributed by atoms with Crippen LogP contribution in [0.2, 0.25) is 0 Å². The molecule has 2 aromatic rings. The van der Waals surface area contributed by atoms with Crippen molar-refractivity contribution in [2.75, 3.05) is 33.4 Å². The molecule has 0 unspecified atom stereocenters. The molecule has 5 nitrogen and oxygen atoms in total. The largest absolute Gasteiger partial charge is 0.491 e. The summed E-state index contributed by atoms with van der Waals surface area (Å²) < 4.78 is 11.2. The number of likely N-dealkylation sites (N-methyl/N-ethyl adjacent to an activating group) is 1. The van der Waals surface area contributed by atoms with Crippen molar-refractivity contribution >= 4 is 0 Å². The summed E-state index contributed by atoms with van der Waals surface area (Å²) in [4.78, 5) is 10.2. The molecule has 20 heavy (non-hydrogen) atoms. The zero-order valence-electron chi connectivity index (χ0n) is 11.6. The lowest BCUT2D eigenvalue weighted by atomic mass is 10.4. The van der Waals surface area contributed by atoms with Crippen molar-refractivity contribution in [2.24, 2.45) is 0 Å². The fourth-order valence-corrected chi connectivity index (χ4v) is 1.62. The van der Waals surface area contributed by atoms with Crippen molar-refractivity contribution in [3.8, 4) is 11.5 Å². The minimum Gasteiger partial charge on any atom is -0.491 e. The van der Waals surface area contributed by atoms with E-state index in [0.29, 0.717) is 13.2 Å². The summed E-state index contributed by atoms with van der Waals surface area (Å²) in [6.07, 6.45) is 6.89. The van der Waals surface area contributed by atoms with Crippen molar-refractivity contribution in [1.29, 1.82) is 0 Å². The Bertz CT molecular complexity index is 433. The van der Waals surface area contributed by atoms with E-state index in [-0.39, 0.29) is 0 Å². The summed E-state index contributed by atoms with van der Waals surface area (Å²) >= 11 is 0. The quantitative estimate of drug-likeness (QED) is 0.735. The van der Waals surface area contributed by atoms with Gasteiger partial charge in [0, 0.05) is 25.5 Å². The molecule has 0 amide bonds. The molecule has 0 radical (unpaired) electrons. The summed E-state index contributed by atoms with van der Waals surface area (Å²) in [6.45, 7) is 2.95. The molecule has 0 N–H and O–H groups in total. The molecule has 0 fully saturated rings. The van der Waals surface area contributed by atoms with Gasteiger partial charge in [-0.3, -0.25) is 14.9 Å². The summed E-state index contributed by atoms with van der Waals surface area (Å²) in [7, 11) is 2.04. The van der Waals surface area contributed by atoms with E-state index >= 15 is 0 Å². The van der Waals surface area contributed by atoms with E-state index in [1.54, 1.807) is 24.8 Å². The highest BCUT2D eigenvalue weighted by Crippen LogP contribution is 2.06. The molecule has 0 aliphatic carbocycles. The molecule has 0 saturated heterocycles. The maximum atomic E-state index is 5.59. The second-order valence-corrected chi connectivity index (χ2v) is 4.38. The van der Waals surface area contributed by atoms with Crippen molar-refractivity contribution in [3.05, 3.63) is 49.1 Å². The summed E-state index contributed by atoms with van der Waals surface area (Å²) in [6, 6.07) is 7.53. The molecule has 0 spiro atoms. The van der Waals surface area contributed by atoms with E-state index in [1.165, 1.54) is 0 Å². The fourth-order valence-electron chi connectivity index (χ4n) is 1.62. The predicted octanol–water partition coefficient (Wildman–Crippen LogP) is 1.87. The van der Waals surface area contributed by atoms with Gasteiger partial charge in [-0.15, -0.1) is 0 Å². The molecule has 0 aromatic carbocycles. The smallest absolute Gasteiger partial charge is 0.137 e. The number of aromatic nitrogens is 2. The summed E-state index contributed by atoms with van der Waals surface area (Å²) in [5, 5.41) is 0. The molecule has 5 heteroatoms. The predicted molar refractivity (Wildman–Crippen MR) is 77.0 cm³/mol. The van der Waals surface area contributed by atoms with Gasteiger partial charge in [-0.2, -0.15) is 0 Å². The van der Waals surface area contributed by atoms with Gasteiger partial charge in [-0.05, 0) is 31.3 Å². The highest BCUT2D eigenvalue weighted by molar-refractivity contribution is 5.15. The third kappa shape index (κ3) is 5.24. The minimum atomic E-state index is 0.634. The van der Waals surface area contributed by atoms with Gasteiger partial charge in [0.1, 0.15) is 24.7 Å². The molecule has 106 valence electrons. The van der Waals surface area contributed by atoms with Crippen LogP contribution in [0.15, 0.2) is 49.1 Å². The molecule has 2 heterocycles. The van der Waals surface area contributed by atoms with Gasteiger partial charge >= 0.3 is 0 Å². The van der Waals surface area contributed by atoms with E-state index in [2.05, 4.69) is 14.9 Å². The van der Waals surface area contributed by atoms with Crippen LogP contribution in [0.5, 0.6) is 11.5 Å². The molecule has 0 saturated carbocycles. The number of hydrogen-bond donors (Lipinski definition) is 0. The van der Waals surface area contributed by atoms with Crippen LogP contribution in [0.4, 0.5) is 0 Å². The Balaban J connectivity index is 1.58. The Hall–Kier alpha value is -2.14. The van der Waals surface area contributed by atoms with Gasteiger partial charge in [-0.25, -0.2) is 0 Å². The average Bonchev–Trinajstić information content (AvgIpc) is 2.49. The first-order valence-electron chi connectivity index (χ1n) is 6.59. The molecule has 0 bridgehead atoms. The van der Waals surface area contributed by atoms with Gasteiger partial charge in [-0.1, -0.05) is 0 Å². The lowest BCUT2D eigenvalue weighted by molar-refractivity contribution is 0.201. The normalized spacial score (nSPS) is 10.5. The fraction of sp³-hybridized carbons (Fsp3) is 0.333. The van der Waals surface area contributed by atoms with E-state index in [1.807, 2.05) is 31.3 Å². The SMILES string of the molecule is CN(CCOc1cccnc1)CCOc1cccnc1. The highest BCUT2D eigenvalue weighted by Gasteiger charge is 2.00. The zero-order valence-corrected chi connectivity index (χ0v) is 11.6. The van der Waals surface area contributed by atoms with Gasteiger partial charge in [0.15, 0.2) is 0 Å². The molecular weight excluding hydrogens is 254 g/mol. The van der Waals surface area contributed by atoms with Crippen LogP contribution in [0.25, 0.3) is 0 Å². The van der Waals surface area contributed by atoms with Gasteiger partial charge in [0.05, 0.1) is 12.4 Å². The van der Waals surface area contributed by atoms with Crippen molar-refractivity contribution in [3.63, 3.8) is 0 Å². The number of ether oxygens (including phenoxy) is 2. The first-order chi connectivity index (χ1) is 9.84. The Kier molecular flexibility index (Phi) is 5.79. The third-order valence-corrected chi connectivity index (χ3v) is 2.75. The Labute approximate surface area is 119 Å². The van der Waals surface area contributed by atoms with E-state index in [4.69, 9.17) is 9.47 Å². The van der Waals surface area contributed by atoms with Crippen molar-refractivity contribution in [2.45, 2.75) is 0 Å². The molecule has 2 rings (SSSR count). The topological polar surface area (TPSA) is 47.5 Å². The zero-order chi connectivity index (χ0) is 14.0. The second-order valence-electron chi connectivity index (χ2n) is 4.38. The van der Waals surface area contributed by atoms with Crippen molar-refractivity contribution in [1.82, 2.24) is 14.9 Å². The van der Waals surface area contributed by atoms with E-state index in [9.17, 15) is 0 Å². The standard InChI is InChI=1S/C15H19N3O2/c1-18(8-10-19-14-4-2-6-16-12-14)9-11-20-15-5-3-7-17-13-15/h2-7,12-13H,8-11H2,1H3. The van der Waals surface area contributed by atoms with Crippen molar-refractivity contribution < 1.29 is 9.47 Å². The Morgan fingerprint density at radius 3 is 1.80 bits per heavy atom. The van der Waals surface area contributed by atoms with Gasteiger partial charge in [0.2, 0.25) is 0 Å². The number of rotatable bonds is 8. The number of hydrogen-bond acceptors (Lipinski definition) is 5. The minimum absolute atomic E-state index is 0.634. The maximum Gasteiger partial charge on any atom is 0.137 e. The number of pyridine rings is 2. The molecule has 2 aromatic heterocycles. The molecule has 0 atom stereocenters. The van der Waals surface area contributed by atoms with E-state index < -0.39 is 0 Å². The molecular formula is C15H19N3O2. The van der Waals surface area contributed by atoms with E-state index in [0.717, 1.165) is 24.6 Å². The molecule has 0 aliphatic rings. The van der Waals surface area contributed by atoms with Crippen LogP contribution in [0.1, 0.15) is 0 Å². The van der Waals surface area contributed by atoms with Gasteiger partial charge < -0.3 is 9.47 Å². The van der Waals surface area contributed by atoms with Crippen LogP contribution in [-0.4, -0.2) is 48.2 Å². The highest BCUT2D eigenvalue weighted by atomic mass is 16.5. The van der Waals surface area contributed by atoms with Crippen LogP contribution < -0.4 is 9.47 Å². The lowest BCUT2D eigenvalue weighted by Gasteiger charge is -2.17. The first kappa shape index (κ1) is 14.3.